The van der Waals surface area contributed by atoms with E-state index in [4.69, 9.17) is 9.47 Å². The van der Waals surface area contributed by atoms with E-state index >= 15 is 0 Å². The molecule has 0 bridgehead atoms. The number of allylic oxidation sites excluding steroid dienone is 2. The number of unbranched alkanes of at least 4 members (excludes halogenated alkanes) is 8. The lowest BCUT2D eigenvalue weighted by Crippen LogP contribution is -2.28. The van der Waals surface area contributed by atoms with Crippen molar-refractivity contribution in [2.75, 3.05) is 13.2 Å². The van der Waals surface area contributed by atoms with Gasteiger partial charge in [-0.15, -0.1) is 0 Å². The Morgan fingerprint density at radius 3 is 2.19 bits per heavy atom. The molecule has 0 rings (SSSR count). The van der Waals surface area contributed by atoms with Crippen molar-refractivity contribution in [1.29, 1.82) is 0 Å². The van der Waals surface area contributed by atoms with Gasteiger partial charge in [-0.25, -0.2) is 0 Å². The second-order valence-electron chi connectivity index (χ2n) is 6.66. The van der Waals surface area contributed by atoms with E-state index < -0.39 is 6.10 Å². The normalized spacial score (nSPS) is 12.3. The minimum atomic E-state index is -0.760. The fraction of sp³-hybridized carbons (Fsp3) is 0.810. The quantitative estimate of drug-likeness (QED) is 0.228. The minimum absolute atomic E-state index is 0.0700. The zero-order valence-corrected chi connectivity index (χ0v) is 16.7. The van der Waals surface area contributed by atoms with Crippen molar-refractivity contribution in [3.8, 4) is 0 Å². The number of hydrogen-bond donors (Lipinski definition) is 1. The van der Waals surface area contributed by atoms with Crippen molar-refractivity contribution in [2.24, 2.45) is 0 Å². The highest BCUT2D eigenvalue weighted by molar-refractivity contribution is 5.70. The number of hydrogen-bond acceptors (Lipinski definition) is 5. The van der Waals surface area contributed by atoms with Crippen molar-refractivity contribution < 1.29 is 24.2 Å². The van der Waals surface area contributed by atoms with Crippen LogP contribution in [0.15, 0.2) is 12.2 Å². The van der Waals surface area contributed by atoms with Crippen molar-refractivity contribution in [3.05, 3.63) is 12.2 Å². The third kappa shape index (κ3) is 16.1. The van der Waals surface area contributed by atoms with Gasteiger partial charge in [0.05, 0.1) is 6.61 Å². The van der Waals surface area contributed by atoms with Gasteiger partial charge in [0.25, 0.3) is 0 Å². The third-order valence-electron chi connectivity index (χ3n) is 4.15. The lowest BCUT2D eigenvalue weighted by molar-refractivity contribution is -0.161. The summed E-state index contributed by atoms with van der Waals surface area (Å²) in [6, 6.07) is 0. The number of ether oxygens (including phenoxy) is 2. The van der Waals surface area contributed by atoms with E-state index in [0.29, 0.717) is 12.8 Å². The predicted octanol–water partition coefficient (Wildman–Crippen LogP) is 4.71. The lowest BCUT2D eigenvalue weighted by Gasteiger charge is -2.15. The highest BCUT2D eigenvalue weighted by Gasteiger charge is 2.15. The molecule has 0 fully saturated rings. The maximum absolute atomic E-state index is 11.8. The van der Waals surface area contributed by atoms with Crippen LogP contribution in [0.5, 0.6) is 0 Å². The van der Waals surface area contributed by atoms with Gasteiger partial charge in [-0.05, 0) is 32.6 Å². The maximum Gasteiger partial charge on any atom is 0.306 e. The second-order valence-corrected chi connectivity index (χ2v) is 6.66. The van der Waals surface area contributed by atoms with Crippen LogP contribution >= 0.6 is 0 Å². The Labute approximate surface area is 159 Å². The van der Waals surface area contributed by atoms with E-state index in [0.717, 1.165) is 44.9 Å². The molecule has 0 aromatic carbocycles. The number of carbonyl (C=O) groups excluding carboxylic acids is 2. The Morgan fingerprint density at radius 2 is 1.54 bits per heavy atom. The zero-order chi connectivity index (χ0) is 19.5. The average molecular weight is 371 g/mol. The molecule has 0 aliphatic heterocycles. The summed E-state index contributed by atoms with van der Waals surface area (Å²) in [4.78, 5) is 23.3. The van der Waals surface area contributed by atoms with E-state index in [-0.39, 0.29) is 25.2 Å². The number of rotatable bonds is 17. The van der Waals surface area contributed by atoms with Crippen LogP contribution in [0.3, 0.4) is 0 Å². The lowest BCUT2D eigenvalue weighted by atomic mass is 10.1. The molecule has 0 spiro atoms. The molecule has 0 aromatic heterocycles. The maximum atomic E-state index is 11.8. The van der Waals surface area contributed by atoms with Gasteiger partial charge in [0.15, 0.2) is 6.10 Å². The summed E-state index contributed by atoms with van der Waals surface area (Å²) in [7, 11) is 0. The fourth-order valence-corrected chi connectivity index (χ4v) is 2.55. The van der Waals surface area contributed by atoms with E-state index in [1.165, 1.54) is 19.3 Å². The molecule has 0 aromatic rings. The van der Waals surface area contributed by atoms with Gasteiger partial charge in [0.1, 0.15) is 6.61 Å². The molecule has 26 heavy (non-hydrogen) atoms. The van der Waals surface area contributed by atoms with Crippen LogP contribution < -0.4 is 0 Å². The van der Waals surface area contributed by atoms with Crippen molar-refractivity contribution in [2.45, 2.75) is 97.0 Å². The predicted molar refractivity (Wildman–Crippen MR) is 104 cm³/mol. The smallest absolute Gasteiger partial charge is 0.306 e. The Morgan fingerprint density at radius 1 is 0.923 bits per heavy atom. The molecule has 0 heterocycles. The Balaban J connectivity index is 3.67. The summed E-state index contributed by atoms with van der Waals surface area (Å²) in [5.74, 6) is -0.637. The van der Waals surface area contributed by atoms with Gasteiger partial charge in [-0.1, -0.05) is 57.6 Å². The summed E-state index contributed by atoms with van der Waals surface area (Å²) in [5, 5.41) is 9.26. The average Bonchev–Trinajstić information content (AvgIpc) is 2.64. The molecule has 0 saturated heterocycles. The number of carbonyl (C=O) groups is 2. The van der Waals surface area contributed by atoms with E-state index in [9.17, 15) is 14.7 Å². The highest BCUT2D eigenvalue weighted by atomic mass is 16.6. The van der Waals surface area contributed by atoms with Gasteiger partial charge in [-0.3, -0.25) is 9.59 Å². The third-order valence-corrected chi connectivity index (χ3v) is 4.15. The van der Waals surface area contributed by atoms with Gasteiger partial charge >= 0.3 is 11.9 Å². The first-order valence-electron chi connectivity index (χ1n) is 10.2. The topological polar surface area (TPSA) is 72.8 Å². The van der Waals surface area contributed by atoms with Crippen molar-refractivity contribution in [1.82, 2.24) is 0 Å². The largest absolute Gasteiger partial charge is 0.462 e. The molecule has 0 amide bonds. The summed E-state index contributed by atoms with van der Waals surface area (Å²) in [6.07, 6.45) is 14.8. The van der Waals surface area contributed by atoms with Crippen LogP contribution in [0.1, 0.15) is 90.9 Å². The zero-order valence-electron chi connectivity index (χ0n) is 16.7. The molecular formula is C21H38O5. The summed E-state index contributed by atoms with van der Waals surface area (Å²) in [5.41, 5.74) is 0. The molecule has 1 atom stereocenters. The molecule has 1 N–H and O–H groups in total. The summed E-state index contributed by atoms with van der Waals surface area (Å²) < 4.78 is 10.2. The fourth-order valence-electron chi connectivity index (χ4n) is 2.55. The molecule has 0 unspecified atom stereocenters. The molecule has 0 saturated carbocycles. The molecule has 5 nitrogen and oxygen atoms in total. The first kappa shape index (κ1) is 24.6. The molecule has 5 heteroatoms. The molecule has 0 radical (unpaired) electrons. The van der Waals surface area contributed by atoms with Gasteiger partial charge in [0.2, 0.25) is 0 Å². The van der Waals surface area contributed by atoms with E-state index in [2.05, 4.69) is 19.1 Å². The van der Waals surface area contributed by atoms with Gasteiger partial charge in [-0.2, -0.15) is 0 Å². The van der Waals surface area contributed by atoms with Gasteiger partial charge < -0.3 is 14.6 Å². The first-order chi connectivity index (χ1) is 12.6. The Kier molecular flexibility index (Phi) is 17.5. The molecular weight excluding hydrogens is 332 g/mol. The number of aliphatic hydroxyl groups excluding tert-OH is 1. The SMILES string of the molecule is C/C=C/CCCCCCCCC(=O)O[C@@H](CO)COC(=O)CCCCC. The van der Waals surface area contributed by atoms with Gasteiger partial charge in [0, 0.05) is 12.8 Å². The highest BCUT2D eigenvalue weighted by Crippen LogP contribution is 2.10. The second kappa shape index (κ2) is 18.4. The van der Waals surface area contributed by atoms with Crippen LogP contribution in [0.2, 0.25) is 0 Å². The van der Waals surface area contributed by atoms with Crippen LogP contribution in [0, 0.1) is 0 Å². The van der Waals surface area contributed by atoms with E-state index in [1.807, 2.05) is 6.92 Å². The van der Waals surface area contributed by atoms with Crippen LogP contribution in [0.4, 0.5) is 0 Å². The molecule has 0 aliphatic carbocycles. The standard InChI is InChI=1S/C21H38O5/c1-3-5-7-8-9-10-11-12-14-16-21(24)26-19(17-22)18-25-20(23)15-13-6-4-2/h3,5,19,22H,4,6-18H2,1-2H3/b5-3+/t19-/m0/s1. The van der Waals surface area contributed by atoms with Crippen molar-refractivity contribution >= 4 is 11.9 Å². The van der Waals surface area contributed by atoms with Crippen LogP contribution in [-0.4, -0.2) is 36.4 Å². The summed E-state index contributed by atoms with van der Waals surface area (Å²) >= 11 is 0. The minimum Gasteiger partial charge on any atom is -0.462 e. The first-order valence-corrected chi connectivity index (χ1v) is 10.2. The number of aliphatic hydroxyl groups is 1. The Bertz CT molecular complexity index is 379. The number of esters is 2. The van der Waals surface area contributed by atoms with Crippen LogP contribution in [-0.2, 0) is 19.1 Å². The molecule has 152 valence electrons. The Hall–Kier alpha value is -1.36. The van der Waals surface area contributed by atoms with E-state index in [1.54, 1.807) is 0 Å². The monoisotopic (exact) mass is 370 g/mol. The summed E-state index contributed by atoms with van der Waals surface area (Å²) in [6.45, 7) is 3.70. The van der Waals surface area contributed by atoms with Crippen molar-refractivity contribution in [3.63, 3.8) is 0 Å². The molecule has 0 aliphatic rings. The van der Waals surface area contributed by atoms with Crippen LogP contribution in [0.25, 0.3) is 0 Å².